The van der Waals surface area contributed by atoms with Crippen LogP contribution in [0.2, 0.25) is 0 Å². The minimum absolute atomic E-state index is 0.412. The fourth-order valence-corrected chi connectivity index (χ4v) is 1.03. The van der Waals surface area contributed by atoms with Crippen LogP contribution in [-0.4, -0.2) is 11.5 Å². The first-order chi connectivity index (χ1) is 7.91. The summed E-state index contributed by atoms with van der Waals surface area (Å²) in [6.07, 6.45) is 1.08. The molecule has 17 heavy (non-hydrogen) atoms. The quantitative estimate of drug-likeness (QED) is 0.272. The van der Waals surface area contributed by atoms with Crippen molar-refractivity contribution in [2.24, 2.45) is 0 Å². The van der Waals surface area contributed by atoms with E-state index in [4.69, 9.17) is 0 Å². The van der Waals surface area contributed by atoms with Crippen LogP contribution in [0.25, 0.3) is 0 Å². The third-order valence-corrected chi connectivity index (χ3v) is 1.73. The van der Waals surface area contributed by atoms with Gasteiger partial charge in [0.1, 0.15) is 6.61 Å². The minimum atomic E-state index is -2.12. The summed E-state index contributed by atoms with van der Waals surface area (Å²) in [7, 11) is 0. The second-order valence-corrected chi connectivity index (χ2v) is 2.79. The lowest BCUT2D eigenvalue weighted by Gasteiger charge is -2.07. The highest BCUT2D eigenvalue weighted by molar-refractivity contribution is 5.42. The summed E-state index contributed by atoms with van der Waals surface area (Å²) < 4.78 is 56.7. The molecule has 0 aromatic heterocycles. The standard InChI is InChI=1S/C9H5F4NO3/c1-2-3-17-9-6(12)4(10)8(14(15)16)5(11)7(9)13/h2H,1,3H2. The maximum absolute atomic E-state index is 13.1. The van der Waals surface area contributed by atoms with Gasteiger partial charge in [-0.05, 0) is 0 Å². The molecule has 0 spiro atoms. The second kappa shape index (κ2) is 4.81. The number of benzene rings is 1. The number of rotatable bonds is 4. The first-order valence-electron chi connectivity index (χ1n) is 4.15. The number of halogens is 4. The molecular weight excluding hydrogens is 246 g/mol. The fraction of sp³-hybridized carbons (Fsp3) is 0.111. The molecule has 1 aromatic carbocycles. The van der Waals surface area contributed by atoms with Gasteiger partial charge in [-0.2, -0.15) is 17.6 Å². The van der Waals surface area contributed by atoms with Gasteiger partial charge in [-0.1, -0.05) is 12.7 Å². The van der Waals surface area contributed by atoms with Gasteiger partial charge < -0.3 is 4.74 Å². The third kappa shape index (κ3) is 2.19. The van der Waals surface area contributed by atoms with Crippen molar-refractivity contribution in [1.82, 2.24) is 0 Å². The van der Waals surface area contributed by atoms with Crippen molar-refractivity contribution in [1.29, 1.82) is 0 Å². The van der Waals surface area contributed by atoms with E-state index in [0.29, 0.717) is 0 Å². The summed E-state index contributed by atoms with van der Waals surface area (Å²) >= 11 is 0. The molecule has 0 aliphatic rings. The van der Waals surface area contributed by atoms with Crippen LogP contribution < -0.4 is 4.74 Å². The van der Waals surface area contributed by atoms with E-state index in [1.165, 1.54) is 0 Å². The number of nitrogens with zero attached hydrogens (tertiary/aromatic N) is 1. The van der Waals surface area contributed by atoms with Crippen molar-refractivity contribution in [3.8, 4) is 5.75 Å². The maximum Gasteiger partial charge on any atom is 0.346 e. The number of hydrogen-bond donors (Lipinski definition) is 0. The topological polar surface area (TPSA) is 52.4 Å². The van der Waals surface area contributed by atoms with E-state index in [1.54, 1.807) is 0 Å². The zero-order valence-electron chi connectivity index (χ0n) is 8.18. The van der Waals surface area contributed by atoms with E-state index < -0.39 is 46.2 Å². The number of hydrogen-bond acceptors (Lipinski definition) is 3. The van der Waals surface area contributed by atoms with Crippen LogP contribution in [0, 0.1) is 33.4 Å². The summed E-state index contributed by atoms with van der Waals surface area (Å²) in [6.45, 7) is 2.75. The fourth-order valence-electron chi connectivity index (χ4n) is 1.03. The Morgan fingerprint density at radius 1 is 1.18 bits per heavy atom. The number of nitro benzene ring substituents is 1. The van der Waals surface area contributed by atoms with Crippen LogP contribution in [0.4, 0.5) is 23.2 Å². The van der Waals surface area contributed by atoms with Gasteiger partial charge in [-0.25, -0.2) is 0 Å². The Bertz CT molecular complexity index is 461. The van der Waals surface area contributed by atoms with Crippen molar-refractivity contribution < 1.29 is 27.2 Å². The Balaban J connectivity index is 3.46. The molecule has 0 fully saturated rings. The molecule has 4 nitrogen and oxygen atoms in total. The van der Waals surface area contributed by atoms with Gasteiger partial charge in [0, 0.05) is 0 Å². The average molecular weight is 251 g/mol. The minimum Gasteiger partial charge on any atom is -0.483 e. The van der Waals surface area contributed by atoms with Gasteiger partial charge >= 0.3 is 5.69 Å². The maximum atomic E-state index is 13.1. The Hall–Kier alpha value is -2.12. The van der Waals surface area contributed by atoms with E-state index in [1.807, 2.05) is 0 Å². The molecule has 0 heterocycles. The zero-order valence-corrected chi connectivity index (χ0v) is 8.18. The van der Waals surface area contributed by atoms with E-state index >= 15 is 0 Å². The lowest BCUT2D eigenvalue weighted by molar-refractivity contribution is -0.390. The van der Waals surface area contributed by atoms with Gasteiger partial charge in [0.2, 0.25) is 23.3 Å². The highest BCUT2D eigenvalue weighted by Crippen LogP contribution is 2.34. The smallest absolute Gasteiger partial charge is 0.346 e. The molecule has 0 saturated heterocycles. The molecule has 0 aliphatic carbocycles. The molecular formula is C9H5F4NO3. The number of nitro groups is 1. The van der Waals surface area contributed by atoms with Gasteiger partial charge in [0.25, 0.3) is 0 Å². The summed E-state index contributed by atoms with van der Waals surface area (Å²) in [6, 6.07) is 0. The molecule has 0 N–H and O–H groups in total. The van der Waals surface area contributed by atoms with Crippen LogP contribution in [-0.2, 0) is 0 Å². The van der Waals surface area contributed by atoms with Crippen LogP contribution in [0.1, 0.15) is 0 Å². The predicted octanol–water partition coefficient (Wildman–Crippen LogP) is 2.72. The van der Waals surface area contributed by atoms with Crippen LogP contribution in [0.3, 0.4) is 0 Å². The molecule has 0 bridgehead atoms. The van der Waals surface area contributed by atoms with Crippen molar-refractivity contribution in [3.05, 3.63) is 46.0 Å². The largest absolute Gasteiger partial charge is 0.483 e. The van der Waals surface area contributed by atoms with Crippen LogP contribution in [0.15, 0.2) is 12.7 Å². The van der Waals surface area contributed by atoms with Gasteiger partial charge in [-0.15, -0.1) is 0 Å². The first-order valence-corrected chi connectivity index (χ1v) is 4.15. The Morgan fingerprint density at radius 2 is 1.65 bits per heavy atom. The lowest BCUT2D eigenvalue weighted by Crippen LogP contribution is -2.07. The van der Waals surface area contributed by atoms with Gasteiger partial charge in [0.15, 0.2) is 5.75 Å². The highest BCUT2D eigenvalue weighted by Gasteiger charge is 2.33. The molecule has 0 aliphatic heterocycles. The summed E-state index contributed by atoms with van der Waals surface area (Å²) in [5.74, 6) is -9.51. The summed E-state index contributed by atoms with van der Waals surface area (Å²) in [5.41, 5.74) is -1.90. The average Bonchev–Trinajstić information content (AvgIpc) is 2.26. The van der Waals surface area contributed by atoms with Crippen molar-refractivity contribution in [2.75, 3.05) is 6.61 Å². The van der Waals surface area contributed by atoms with E-state index in [2.05, 4.69) is 11.3 Å². The normalized spacial score (nSPS) is 10.1. The molecule has 0 saturated carbocycles. The Morgan fingerprint density at radius 3 is 2.00 bits per heavy atom. The summed E-state index contributed by atoms with van der Waals surface area (Å²) in [4.78, 5) is 8.65. The molecule has 0 radical (unpaired) electrons. The van der Waals surface area contributed by atoms with E-state index in [-0.39, 0.29) is 0 Å². The summed E-state index contributed by atoms with van der Waals surface area (Å²) in [5, 5.41) is 10.2. The van der Waals surface area contributed by atoms with Crippen LogP contribution in [0.5, 0.6) is 5.75 Å². The highest BCUT2D eigenvalue weighted by atomic mass is 19.2. The van der Waals surface area contributed by atoms with Crippen molar-refractivity contribution in [3.63, 3.8) is 0 Å². The lowest BCUT2D eigenvalue weighted by atomic mass is 10.2. The molecule has 92 valence electrons. The molecule has 1 rings (SSSR count). The van der Waals surface area contributed by atoms with Crippen LogP contribution >= 0.6 is 0 Å². The molecule has 0 unspecified atom stereocenters. The second-order valence-electron chi connectivity index (χ2n) is 2.79. The third-order valence-electron chi connectivity index (χ3n) is 1.73. The first kappa shape index (κ1) is 12.9. The monoisotopic (exact) mass is 251 g/mol. The molecule has 0 amide bonds. The molecule has 0 atom stereocenters. The number of ether oxygens (including phenoxy) is 1. The van der Waals surface area contributed by atoms with E-state index in [9.17, 15) is 27.7 Å². The SMILES string of the molecule is C=CCOc1c(F)c(F)c([N+](=O)[O-])c(F)c1F. The van der Waals surface area contributed by atoms with Gasteiger partial charge in [0.05, 0.1) is 4.92 Å². The molecule has 1 aromatic rings. The zero-order chi connectivity index (χ0) is 13.2. The van der Waals surface area contributed by atoms with Gasteiger partial charge in [-0.3, -0.25) is 10.1 Å². The Labute approximate surface area is 92.3 Å². The van der Waals surface area contributed by atoms with Crippen molar-refractivity contribution >= 4 is 5.69 Å². The Kier molecular flexibility index (Phi) is 3.66. The van der Waals surface area contributed by atoms with E-state index in [0.717, 1.165) is 6.08 Å². The molecule has 8 heteroatoms. The predicted molar refractivity (Wildman–Crippen MR) is 48.6 cm³/mol. The van der Waals surface area contributed by atoms with Crippen molar-refractivity contribution in [2.45, 2.75) is 0 Å².